The van der Waals surface area contributed by atoms with Gasteiger partial charge in [0.2, 0.25) is 0 Å². The van der Waals surface area contributed by atoms with Crippen molar-refractivity contribution in [1.29, 1.82) is 0 Å². The molecule has 14 nitrogen and oxygen atoms in total. The summed E-state index contributed by atoms with van der Waals surface area (Å²) in [5, 5.41) is 31.7. The summed E-state index contributed by atoms with van der Waals surface area (Å²) in [7, 11) is 0. The van der Waals surface area contributed by atoms with Gasteiger partial charge in [-0.05, 0) is 70.2 Å². The molecule has 0 saturated carbocycles. The molecule has 0 fully saturated rings. The normalized spacial score (nSPS) is 14.0. The Morgan fingerprint density at radius 1 is 0.545 bits per heavy atom. The van der Waals surface area contributed by atoms with E-state index in [-0.39, 0.29) is 57.3 Å². The summed E-state index contributed by atoms with van der Waals surface area (Å²) >= 11 is 0. The monoisotopic (exact) mass is 752 g/mol. The average molecular weight is 753 g/mol. The second kappa shape index (κ2) is 18.7. The molecule has 0 radical (unpaired) electrons. The lowest BCUT2D eigenvalue weighted by Gasteiger charge is -2.17. The maximum atomic E-state index is 12.2. The number of rotatable bonds is 15. The van der Waals surface area contributed by atoms with Crippen LogP contribution in [0.4, 0.5) is 9.59 Å². The number of alkyl carbamates (subject to hydrolysis) is 2. The van der Waals surface area contributed by atoms with Gasteiger partial charge in [0.05, 0.1) is 0 Å². The Hall–Kier alpha value is -6.25. The predicted molar refractivity (Wildman–Crippen MR) is 202 cm³/mol. The van der Waals surface area contributed by atoms with Crippen molar-refractivity contribution >= 4 is 30.1 Å². The van der Waals surface area contributed by atoms with Crippen LogP contribution in [0.5, 0.6) is 0 Å². The third kappa shape index (κ3) is 10.0. The molecule has 9 N–H and O–H groups in total. The SMILES string of the molecule is NC(CCCC(NC(=O)OCC1c2ccccc2-c2ccccc21)C(=O)O)C(=O)O.NC(CCNC(=O)OCC1c2ccccc2-c2ccccc21)C(=O)O. The lowest BCUT2D eigenvalue weighted by atomic mass is 9.98. The lowest BCUT2D eigenvalue weighted by Crippen LogP contribution is -2.41. The van der Waals surface area contributed by atoms with Crippen LogP contribution < -0.4 is 22.1 Å². The molecule has 2 aliphatic rings. The summed E-state index contributed by atoms with van der Waals surface area (Å²) in [5.41, 5.74) is 19.7. The summed E-state index contributed by atoms with van der Waals surface area (Å²) < 4.78 is 10.7. The molecule has 2 aliphatic carbocycles. The van der Waals surface area contributed by atoms with Crippen LogP contribution in [0.15, 0.2) is 97.1 Å². The predicted octanol–water partition coefficient (Wildman–Crippen LogP) is 4.89. The second-order valence-corrected chi connectivity index (χ2v) is 13.2. The number of hydrogen-bond acceptors (Lipinski definition) is 9. The van der Waals surface area contributed by atoms with E-state index in [1.807, 2.05) is 84.9 Å². The number of amides is 2. The highest BCUT2D eigenvalue weighted by Gasteiger charge is 2.31. The van der Waals surface area contributed by atoms with Crippen molar-refractivity contribution in [2.45, 2.75) is 55.6 Å². The average Bonchev–Trinajstić information content (AvgIpc) is 3.68. The van der Waals surface area contributed by atoms with E-state index in [2.05, 4.69) is 22.8 Å². The number of carbonyl (C=O) groups excluding carboxylic acids is 2. The van der Waals surface area contributed by atoms with E-state index in [4.69, 9.17) is 31.2 Å². The van der Waals surface area contributed by atoms with Crippen LogP contribution in [0.2, 0.25) is 0 Å². The summed E-state index contributed by atoms with van der Waals surface area (Å²) in [6.45, 7) is 0.463. The minimum Gasteiger partial charge on any atom is -0.480 e. The second-order valence-electron chi connectivity index (χ2n) is 13.2. The van der Waals surface area contributed by atoms with Gasteiger partial charge in [-0.1, -0.05) is 97.1 Å². The molecule has 14 heteroatoms. The van der Waals surface area contributed by atoms with E-state index < -0.39 is 48.2 Å². The van der Waals surface area contributed by atoms with E-state index in [1.165, 1.54) is 11.1 Å². The first-order valence-corrected chi connectivity index (χ1v) is 17.9. The Labute approximate surface area is 317 Å². The number of aliphatic carboxylic acids is 3. The summed E-state index contributed by atoms with van der Waals surface area (Å²) in [6.07, 6.45) is -0.828. The standard InChI is InChI=1S/C22H24N2O6.C19H20N2O4/c23-18(20(25)26)10-5-11-19(21(27)28)24-22(29)30-12-17-15-8-3-1-6-13(15)14-7-2-4-9-16(14)17;20-17(18(22)23)9-10-21-19(24)25-11-16-14-7-3-1-5-12(14)13-6-2-4-8-15(13)16/h1-4,6-9,17-19H,5,10-12,23H2,(H,24,29)(H,25,26)(H,27,28);1-8,16-17H,9-11,20H2,(H,21,24)(H,22,23). The van der Waals surface area contributed by atoms with Crippen LogP contribution in [0, 0.1) is 0 Å². The van der Waals surface area contributed by atoms with Gasteiger partial charge in [0.15, 0.2) is 0 Å². The van der Waals surface area contributed by atoms with Gasteiger partial charge in [0, 0.05) is 18.4 Å². The zero-order chi connectivity index (χ0) is 39.5. The van der Waals surface area contributed by atoms with Crippen LogP contribution in [0.1, 0.15) is 59.8 Å². The number of benzene rings is 4. The van der Waals surface area contributed by atoms with Gasteiger partial charge in [-0.2, -0.15) is 0 Å². The summed E-state index contributed by atoms with van der Waals surface area (Å²) in [4.78, 5) is 56.9. The highest BCUT2D eigenvalue weighted by molar-refractivity contribution is 5.82. The fourth-order valence-electron chi connectivity index (χ4n) is 6.81. The van der Waals surface area contributed by atoms with Gasteiger partial charge in [-0.15, -0.1) is 0 Å². The van der Waals surface area contributed by atoms with Crippen molar-refractivity contribution < 1.29 is 48.8 Å². The van der Waals surface area contributed by atoms with Crippen LogP contribution in [-0.4, -0.2) is 83.3 Å². The van der Waals surface area contributed by atoms with Gasteiger partial charge in [0.1, 0.15) is 31.3 Å². The first-order chi connectivity index (χ1) is 26.5. The third-order valence-electron chi connectivity index (χ3n) is 9.64. The quantitative estimate of drug-likeness (QED) is 0.0859. The van der Waals surface area contributed by atoms with Gasteiger partial charge in [0.25, 0.3) is 0 Å². The van der Waals surface area contributed by atoms with Crippen molar-refractivity contribution in [3.63, 3.8) is 0 Å². The molecule has 288 valence electrons. The van der Waals surface area contributed by atoms with Crippen LogP contribution in [0.3, 0.4) is 0 Å². The van der Waals surface area contributed by atoms with Crippen molar-refractivity contribution in [2.75, 3.05) is 19.8 Å². The number of carbonyl (C=O) groups is 5. The minimum atomic E-state index is -1.22. The Bertz CT molecular complexity index is 1930. The molecule has 0 saturated heterocycles. The first-order valence-electron chi connectivity index (χ1n) is 17.9. The number of carboxylic acids is 3. The van der Waals surface area contributed by atoms with E-state index in [1.54, 1.807) is 0 Å². The molecular formula is C41H44N4O10. The zero-order valence-corrected chi connectivity index (χ0v) is 29.9. The molecule has 0 spiro atoms. The van der Waals surface area contributed by atoms with E-state index in [0.29, 0.717) is 0 Å². The maximum Gasteiger partial charge on any atom is 0.407 e. The van der Waals surface area contributed by atoms with Gasteiger partial charge in [-0.3, -0.25) is 9.59 Å². The van der Waals surface area contributed by atoms with Gasteiger partial charge >= 0.3 is 30.1 Å². The fraction of sp³-hybridized carbons (Fsp3) is 0.293. The molecule has 4 aromatic carbocycles. The molecule has 0 heterocycles. The Morgan fingerprint density at radius 3 is 1.33 bits per heavy atom. The molecule has 3 unspecified atom stereocenters. The number of ether oxygens (including phenoxy) is 2. The molecule has 4 aromatic rings. The molecule has 0 bridgehead atoms. The highest BCUT2D eigenvalue weighted by Crippen LogP contribution is 2.45. The van der Waals surface area contributed by atoms with Gasteiger partial charge < -0.3 is 46.9 Å². The fourth-order valence-corrected chi connectivity index (χ4v) is 6.81. The molecule has 3 atom stereocenters. The topological polar surface area (TPSA) is 241 Å². The third-order valence-corrected chi connectivity index (χ3v) is 9.64. The van der Waals surface area contributed by atoms with E-state index in [0.717, 1.165) is 33.4 Å². The highest BCUT2D eigenvalue weighted by atomic mass is 16.6. The van der Waals surface area contributed by atoms with Gasteiger partial charge in [-0.25, -0.2) is 14.4 Å². The van der Waals surface area contributed by atoms with Crippen molar-refractivity contribution in [3.8, 4) is 22.3 Å². The smallest absolute Gasteiger partial charge is 0.407 e. The summed E-state index contributed by atoms with van der Waals surface area (Å²) in [5.74, 6) is -3.58. The van der Waals surface area contributed by atoms with Crippen molar-refractivity contribution in [1.82, 2.24) is 10.6 Å². The lowest BCUT2D eigenvalue weighted by molar-refractivity contribution is -0.140. The molecule has 2 amide bonds. The molecule has 0 aromatic heterocycles. The van der Waals surface area contributed by atoms with Crippen molar-refractivity contribution in [3.05, 3.63) is 119 Å². The minimum absolute atomic E-state index is 0.000531. The summed E-state index contributed by atoms with van der Waals surface area (Å²) in [6, 6.07) is 28.8. The molecule has 6 rings (SSSR count). The van der Waals surface area contributed by atoms with E-state index >= 15 is 0 Å². The van der Waals surface area contributed by atoms with E-state index in [9.17, 15) is 29.1 Å². The largest absolute Gasteiger partial charge is 0.480 e. The number of carboxylic acid groups (broad SMARTS) is 3. The van der Waals surface area contributed by atoms with Crippen molar-refractivity contribution in [2.24, 2.45) is 11.5 Å². The molecule has 0 aliphatic heterocycles. The Morgan fingerprint density at radius 2 is 0.927 bits per heavy atom. The Kier molecular flexibility index (Phi) is 13.6. The van der Waals surface area contributed by atoms with Crippen LogP contribution in [0.25, 0.3) is 22.3 Å². The first kappa shape index (κ1) is 39.9. The number of fused-ring (bicyclic) bond motifs is 6. The zero-order valence-electron chi connectivity index (χ0n) is 29.9. The number of nitrogens with one attached hydrogen (secondary N) is 2. The van der Waals surface area contributed by atoms with Crippen LogP contribution >= 0.6 is 0 Å². The molecular weight excluding hydrogens is 708 g/mol. The molecule has 55 heavy (non-hydrogen) atoms. The Balaban J connectivity index is 0.000000214. The maximum absolute atomic E-state index is 12.2. The van der Waals surface area contributed by atoms with Crippen LogP contribution in [-0.2, 0) is 23.9 Å². The number of hydrogen-bond donors (Lipinski definition) is 7. The number of nitrogens with two attached hydrogens (primary N) is 2.